The van der Waals surface area contributed by atoms with Gasteiger partial charge >= 0.3 is 5.97 Å². The number of hydrogen-bond acceptors (Lipinski definition) is 4. The van der Waals surface area contributed by atoms with Crippen LogP contribution in [0.1, 0.15) is 112 Å². The Morgan fingerprint density at radius 3 is 2.29 bits per heavy atom. The first-order chi connectivity index (χ1) is 19.1. The summed E-state index contributed by atoms with van der Waals surface area (Å²) >= 11 is 0. The molecule has 4 heteroatoms. The Labute approximate surface area is 247 Å². The fourth-order valence-corrected chi connectivity index (χ4v) is 11.3. The lowest BCUT2D eigenvalue weighted by Crippen LogP contribution is -2.66. The van der Waals surface area contributed by atoms with Gasteiger partial charge in [0.25, 0.3) is 0 Å². The van der Waals surface area contributed by atoms with Crippen molar-refractivity contribution in [1.29, 1.82) is 0 Å². The molecule has 6 rings (SSSR count). The lowest BCUT2D eigenvalue weighted by Gasteiger charge is -2.70. The Kier molecular flexibility index (Phi) is 6.60. The highest BCUT2D eigenvalue weighted by Gasteiger charge is 2.70. The Bertz CT molecular complexity index is 1260. The normalized spacial score (nSPS) is 46.7. The summed E-state index contributed by atoms with van der Waals surface area (Å²) in [5.41, 5.74) is 1.40. The molecule has 9 atom stereocenters. The summed E-state index contributed by atoms with van der Waals surface area (Å²) in [6.07, 6.45) is 10.4. The van der Waals surface area contributed by atoms with Crippen LogP contribution in [0.4, 0.5) is 0 Å². The molecule has 4 fully saturated rings. The SMILES string of the molecule is CC12CC[C@](C)(C(=O)OCc3ccccc3)C[C@H]1C1=CC(=O)[C@H]3C(C)(CCC4C(C)(C)[C@@H](O)CC[C@@]43C)[C@]1(C)CC2. The number of hydrogen-bond donors (Lipinski definition) is 1. The van der Waals surface area contributed by atoms with Crippen molar-refractivity contribution >= 4 is 11.8 Å². The molecule has 0 heterocycles. The molecule has 41 heavy (non-hydrogen) atoms. The van der Waals surface area contributed by atoms with E-state index in [1.54, 1.807) is 0 Å². The molecule has 1 aromatic carbocycles. The fourth-order valence-electron chi connectivity index (χ4n) is 11.3. The van der Waals surface area contributed by atoms with Crippen LogP contribution < -0.4 is 0 Å². The number of ether oxygens (including phenoxy) is 1. The van der Waals surface area contributed by atoms with Crippen molar-refractivity contribution in [3.8, 4) is 0 Å². The maximum Gasteiger partial charge on any atom is 0.312 e. The highest BCUT2D eigenvalue weighted by Crippen LogP contribution is 2.75. The second-order valence-electron chi connectivity index (χ2n) is 16.7. The van der Waals surface area contributed by atoms with Gasteiger partial charge in [0.2, 0.25) is 0 Å². The third-order valence-electron chi connectivity index (χ3n) is 14.3. The van der Waals surface area contributed by atoms with Gasteiger partial charge in [0.15, 0.2) is 5.78 Å². The molecular formula is C37H52O4. The molecule has 5 aliphatic carbocycles. The van der Waals surface area contributed by atoms with Crippen LogP contribution in [0.25, 0.3) is 0 Å². The van der Waals surface area contributed by atoms with Crippen LogP contribution in [0.5, 0.6) is 0 Å². The van der Waals surface area contributed by atoms with E-state index in [9.17, 15) is 14.7 Å². The van der Waals surface area contributed by atoms with Crippen LogP contribution in [-0.2, 0) is 20.9 Å². The van der Waals surface area contributed by atoms with Crippen LogP contribution in [0.2, 0.25) is 0 Å². The number of fused-ring (bicyclic) bond motifs is 7. The summed E-state index contributed by atoms with van der Waals surface area (Å²) in [4.78, 5) is 28.1. The summed E-state index contributed by atoms with van der Waals surface area (Å²) in [5, 5.41) is 11.0. The van der Waals surface area contributed by atoms with Crippen molar-refractivity contribution in [3.63, 3.8) is 0 Å². The molecule has 224 valence electrons. The number of esters is 1. The van der Waals surface area contributed by atoms with Gasteiger partial charge in [-0.1, -0.05) is 77.4 Å². The maximum atomic E-state index is 14.5. The monoisotopic (exact) mass is 560 g/mol. The molecular weight excluding hydrogens is 508 g/mol. The van der Waals surface area contributed by atoms with Crippen LogP contribution in [0.3, 0.4) is 0 Å². The van der Waals surface area contributed by atoms with Crippen molar-refractivity contribution in [2.24, 2.45) is 50.2 Å². The van der Waals surface area contributed by atoms with E-state index in [0.29, 0.717) is 18.3 Å². The largest absolute Gasteiger partial charge is 0.460 e. The summed E-state index contributed by atoms with van der Waals surface area (Å²) in [5.74, 6) is 0.734. The van der Waals surface area contributed by atoms with E-state index in [2.05, 4.69) is 54.5 Å². The van der Waals surface area contributed by atoms with Gasteiger partial charge in [-0.05, 0) is 115 Å². The van der Waals surface area contributed by atoms with Gasteiger partial charge in [0.05, 0.1) is 11.5 Å². The quantitative estimate of drug-likeness (QED) is 0.380. The lowest BCUT2D eigenvalue weighted by molar-refractivity contribution is -0.202. The minimum atomic E-state index is -0.550. The van der Waals surface area contributed by atoms with Crippen LogP contribution in [-0.4, -0.2) is 23.0 Å². The highest BCUT2D eigenvalue weighted by molar-refractivity contribution is 5.95. The number of ketones is 1. The van der Waals surface area contributed by atoms with Crippen LogP contribution in [0.15, 0.2) is 42.0 Å². The van der Waals surface area contributed by atoms with E-state index >= 15 is 0 Å². The molecule has 0 spiro atoms. The van der Waals surface area contributed by atoms with Gasteiger partial charge in [-0.15, -0.1) is 0 Å². The predicted octanol–water partition coefficient (Wildman–Crippen LogP) is 8.07. The summed E-state index contributed by atoms with van der Waals surface area (Å²) in [6, 6.07) is 9.93. The average molecular weight is 561 g/mol. The molecule has 0 saturated heterocycles. The molecule has 1 N–H and O–H groups in total. The van der Waals surface area contributed by atoms with Crippen molar-refractivity contribution in [3.05, 3.63) is 47.5 Å². The molecule has 0 aromatic heterocycles. The topological polar surface area (TPSA) is 63.6 Å². The molecule has 0 amide bonds. The molecule has 5 aliphatic rings. The van der Waals surface area contributed by atoms with E-state index in [1.807, 2.05) is 30.3 Å². The predicted molar refractivity (Wildman–Crippen MR) is 162 cm³/mol. The highest BCUT2D eigenvalue weighted by atomic mass is 16.5. The number of carbonyl (C=O) groups is 2. The molecule has 4 nitrogen and oxygen atoms in total. The third-order valence-corrected chi connectivity index (χ3v) is 14.3. The van der Waals surface area contributed by atoms with E-state index in [4.69, 9.17) is 4.74 Å². The zero-order chi connectivity index (χ0) is 29.6. The smallest absolute Gasteiger partial charge is 0.312 e. The number of aliphatic hydroxyl groups is 1. The first-order valence-electron chi connectivity index (χ1n) is 16.3. The average Bonchev–Trinajstić information content (AvgIpc) is 2.92. The minimum absolute atomic E-state index is 0.0237. The molecule has 0 bridgehead atoms. The molecule has 0 aliphatic heterocycles. The second kappa shape index (κ2) is 9.28. The van der Waals surface area contributed by atoms with Crippen molar-refractivity contribution < 1.29 is 19.4 Å². The van der Waals surface area contributed by atoms with E-state index in [-0.39, 0.29) is 51.0 Å². The Hall–Kier alpha value is -1.94. The fraction of sp³-hybridized carbons (Fsp3) is 0.730. The van der Waals surface area contributed by atoms with Crippen molar-refractivity contribution in [2.45, 2.75) is 119 Å². The van der Waals surface area contributed by atoms with E-state index in [1.165, 1.54) is 5.57 Å². The lowest BCUT2D eigenvalue weighted by atomic mass is 9.33. The standard InChI is InChI=1S/C37H52O4/c1-32(2)28-13-16-37(7)30(35(28,5)15-14-29(32)39)27(38)21-25-26-22-34(4,18-17-33(26,3)19-20-36(25,37)6)31(40)41-23-24-11-9-8-10-12-24/h8-12,21,26,28-30,39H,13-20,22-23H2,1-7H3/t26-,28?,29-,30+,33?,34-,35-,36+,37?/m0/s1. The molecule has 1 aromatic rings. The van der Waals surface area contributed by atoms with Crippen LogP contribution >= 0.6 is 0 Å². The van der Waals surface area contributed by atoms with E-state index in [0.717, 1.165) is 63.4 Å². The number of rotatable bonds is 3. The Balaban J connectivity index is 1.34. The van der Waals surface area contributed by atoms with Gasteiger partial charge in [-0.3, -0.25) is 9.59 Å². The maximum absolute atomic E-state index is 14.5. The Morgan fingerprint density at radius 1 is 0.902 bits per heavy atom. The number of benzene rings is 1. The number of aliphatic hydroxyl groups excluding tert-OH is 1. The number of carbonyl (C=O) groups excluding carboxylic acids is 2. The van der Waals surface area contributed by atoms with Gasteiger partial charge in [0, 0.05) is 5.92 Å². The Morgan fingerprint density at radius 2 is 1.59 bits per heavy atom. The van der Waals surface area contributed by atoms with Gasteiger partial charge in [-0.2, -0.15) is 0 Å². The van der Waals surface area contributed by atoms with Crippen LogP contribution in [0, 0.1) is 50.2 Å². The third kappa shape index (κ3) is 4.01. The molecule has 0 radical (unpaired) electrons. The van der Waals surface area contributed by atoms with Gasteiger partial charge in [-0.25, -0.2) is 0 Å². The summed E-state index contributed by atoms with van der Waals surface area (Å²) < 4.78 is 5.93. The minimum Gasteiger partial charge on any atom is -0.460 e. The number of allylic oxidation sites excluding steroid dienone is 2. The zero-order valence-electron chi connectivity index (χ0n) is 26.5. The van der Waals surface area contributed by atoms with E-state index < -0.39 is 5.41 Å². The van der Waals surface area contributed by atoms with Gasteiger partial charge < -0.3 is 9.84 Å². The summed E-state index contributed by atoms with van der Waals surface area (Å²) in [6.45, 7) is 16.5. The second-order valence-corrected chi connectivity index (χ2v) is 16.7. The summed E-state index contributed by atoms with van der Waals surface area (Å²) in [7, 11) is 0. The van der Waals surface area contributed by atoms with Gasteiger partial charge in [0.1, 0.15) is 6.61 Å². The molecule has 4 saturated carbocycles. The first kappa shape index (κ1) is 29.1. The first-order valence-corrected chi connectivity index (χ1v) is 16.3. The van der Waals surface area contributed by atoms with Crippen molar-refractivity contribution in [1.82, 2.24) is 0 Å². The van der Waals surface area contributed by atoms with Crippen molar-refractivity contribution in [2.75, 3.05) is 0 Å². The molecule has 3 unspecified atom stereocenters. The zero-order valence-corrected chi connectivity index (χ0v) is 26.5.